The Hall–Kier alpha value is -3.60. The van der Waals surface area contributed by atoms with Gasteiger partial charge in [-0.1, -0.05) is 73.4 Å². The first-order valence-electron chi connectivity index (χ1n) is 11.2. The van der Waals surface area contributed by atoms with Crippen LogP contribution in [0.15, 0.2) is 82.8 Å². The molecule has 2 aliphatic rings. The number of Topliss-reactive ketones (excluding diaryl/α,β-unsaturated/α-hetero) is 2. The van der Waals surface area contributed by atoms with E-state index in [9.17, 15) is 9.59 Å². The third kappa shape index (κ3) is 3.14. The lowest BCUT2D eigenvalue weighted by atomic mass is 9.75. The van der Waals surface area contributed by atoms with Crippen LogP contribution < -0.4 is 4.90 Å². The maximum atomic E-state index is 13.1. The van der Waals surface area contributed by atoms with Crippen molar-refractivity contribution in [2.24, 2.45) is 0 Å². The fourth-order valence-electron chi connectivity index (χ4n) is 5.01. The monoisotopic (exact) mass is 499 g/mol. The van der Waals surface area contributed by atoms with Crippen LogP contribution in [-0.4, -0.2) is 11.6 Å². The number of rotatable bonds is 2. The highest BCUT2D eigenvalue weighted by molar-refractivity contribution is 6.49. The normalized spacial score (nSPS) is 15.7. The highest BCUT2D eigenvalue weighted by Crippen LogP contribution is 2.53. The van der Waals surface area contributed by atoms with E-state index in [0.717, 1.165) is 22.5 Å². The third-order valence-electron chi connectivity index (χ3n) is 6.77. The van der Waals surface area contributed by atoms with Gasteiger partial charge in [0.25, 0.3) is 0 Å². The molecule has 0 saturated carbocycles. The highest BCUT2D eigenvalue weighted by atomic mass is 35.5. The number of carbonyl (C=O) groups is 2. The van der Waals surface area contributed by atoms with Crippen molar-refractivity contribution >= 4 is 58.1 Å². The van der Waals surface area contributed by atoms with Gasteiger partial charge in [0.15, 0.2) is 11.6 Å². The van der Waals surface area contributed by atoms with Gasteiger partial charge >= 0.3 is 0 Å². The van der Waals surface area contributed by atoms with Crippen LogP contribution in [0.2, 0.25) is 10.0 Å². The zero-order valence-corrected chi connectivity index (χ0v) is 20.4. The van der Waals surface area contributed by atoms with Crippen LogP contribution in [-0.2, 0) is 5.41 Å². The second-order valence-electron chi connectivity index (χ2n) is 9.18. The lowest BCUT2D eigenvalue weighted by Gasteiger charge is -2.38. The Balaban J connectivity index is 1.53. The fourth-order valence-corrected chi connectivity index (χ4v) is 5.50. The number of fused-ring (bicyclic) bond motifs is 3. The average molecular weight is 500 g/mol. The van der Waals surface area contributed by atoms with E-state index in [-0.39, 0.29) is 32.2 Å². The number of furan rings is 1. The molecule has 172 valence electrons. The number of hydrogen-bond acceptors (Lipinski definition) is 4. The molecular formula is C29H19Cl2NO3. The van der Waals surface area contributed by atoms with Gasteiger partial charge in [-0.05, 0) is 48.0 Å². The molecular weight excluding hydrogens is 481 g/mol. The molecule has 1 aliphatic carbocycles. The summed E-state index contributed by atoms with van der Waals surface area (Å²) in [4.78, 5) is 28.3. The van der Waals surface area contributed by atoms with E-state index in [4.69, 9.17) is 27.6 Å². The van der Waals surface area contributed by atoms with E-state index in [1.165, 1.54) is 18.2 Å². The summed E-state index contributed by atoms with van der Waals surface area (Å²) in [5, 5.41) is 0.411. The zero-order valence-electron chi connectivity index (χ0n) is 18.9. The summed E-state index contributed by atoms with van der Waals surface area (Å²) in [5.41, 5.74) is 3.98. The first kappa shape index (κ1) is 21.9. The van der Waals surface area contributed by atoms with E-state index in [2.05, 4.69) is 30.9 Å². The molecule has 0 N–H and O–H groups in total. The molecule has 6 heteroatoms. The number of nitrogens with zero attached hydrogens (tertiary/aromatic N) is 1. The van der Waals surface area contributed by atoms with Crippen molar-refractivity contribution in [3.8, 4) is 0 Å². The molecule has 3 aromatic carbocycles. The lowest BCUT2D eigenvalue weighted by molar-refractivity contribution is 0.0990. The average Bonchev–Trinajstić information content (AvgIpc) is 3.38. The minimum absolute atomic E-state index is 0.0114. The molecule has 0 spiro atoms. The largest absolute Gasteiger partial charge is 0.440 e. The molecule has 2 heterocycles. The fraction of sp³-hybridized carbons (Fsp3) is 0.103. The lowest BCUT2D eigenvalue weighted by Crippen LogP contribution is -2.29. The van der Waals surface area contributed by atoms with Crippen LogP contribution in [0.4, 0.5) is 17.3 Å². The number of hydrogen-bond donors (Lipinski definition) is 0. The Morgan fingerprint density at radius 2 is 1.40 bits per heavy atom. The van der Waals surface area contributed by atoms with Crippen molar-refractivity contribution in [1.29, 1.82) is 0 Å². The first-order chi connectivity index (χ1) is 16.8. The molecule has 0 fully saturated rings. The van der Waals surface area contributed by atoms with Crippen LogP contribution in [0, 0.1) is 0 Å². The minimum Gasteiger partial charge on any atom is -0.440 e. The minimum atomic E-state index is -0.450. The number of para-hydroxylation sites is 2. The molecule has 0 atom stereocenters. The Morgan fingerprint density at radius 1 is 0.800 bits per heavy atom. The molecule has 1 aromatic heterocycles. The van der Waals surface area contributed by atoms with Gasteiger partial charge < -0.3 is 4.42 Å². The van der Waals surface area contributed by atoms with Gasteiger partial charge in [0.2, 0.25) is 5.88 Å². The van der Waals surface area contributed by atoms with E-state index in [1.807, 2.05) is 48.5 Å². The molecule has 6 rings (SSSR count). The number of ketones is 2. The van der Waals surface area contributed by atoms with Crippen molar-refractivity contribution in [3.05, 3.63) is 116 Å². The smallest absolute Gasteiger partial charge is 0.209 e. The van der Waals surface area contributed by atoms with Gasteiger partial charge in [-0.15, -0.1) is 0 Å². The van der Waals surface area contributed by atoms with Crippen molar-refractivity contribution in [2.45, 2.75) is 19.3 Å². The topological polar surface area (TPSA) is 50.5 Å². The molecule has 35 heavy (non-hydrogen) atoms. The highest BCUT2D eigenvalue weighted by Gasteiger charge is 2.41. The quantitative estimate of drug-likeness (QED) is 0.206. The van der Waals surface area contributed by atoms with Crippen molar-refractivity contribution in [2.75, 3.05) is 4.90 Å². The van der Waals surface area contributed by atoms with Gasteiger partial charge in [-0.3, -0.25) is 14.5 Å². The molecule has 1 aliphatic heterocycles. The van der Waals surface area contributed by atoms with Gasteiger partial charge in [0.1, 0.15) is 5.76 Å². The maximum Gasteiger partial charge on any atom is 0.209 e. The third-order valence-corrected chi connectivity index (χ3v) is 7.40. The Morgan fingerprint density at radius 3 is 2.06 bits per heavy atom. The molecule has 0 saturated heterocycles. The van der Waals surface area contributed by atoms with E-state index < -0.39 is 11.6 Å². The number of anilines is 3. The van der Waals surface area contributed by atoms with Crippen molar-refractivity contribution < 1.29 is 14.0 Å². The summed E-state index contributed by atoms with van der Waals surface area (Å²) in [6, 6.07) is 23.1. The summed E-state index contributed by atoms with van der Waals surface area (Å²) in [6.07, 6.45) is 1.50. The summed E-state index contributed by atoms with van der Waals surface area (Å²) in [6.45, 7) is 4.28. The van der Waals surface area contributed by atoms with Crippen molar-refractivity contribution in [3.63, 3.8) is 0 Å². The summed E-state index contributed by atoms with van der Waals surface area (Å²) in [7, 11) is 0. The van der Waals surface area contributed by atoms with E-state index in [1.54, 1.807) is 0 Å². The second kappa shape index (κ2) is 7.70. The molecule has 4 nitrogen and oxygen atoms in total. The molecule has 0 radical (unpaired) electrons. The second-order valence-corrected chi connectivity index (χ2v) is 9.99. The Bertz CT molecular complexity index is 1540. The molecule has 0 unspecified atom stereocenters. The summed E-state index contributed by atoms with van der Waals surface area (Å²) in [5.74, 6) is 0.162. The van der Waals surface area contributed by atoms with Crippen LogP contribution >= 0.6 is 23.2 Å². The van der Waals surface area contributed by atoms with Crippen LogP contribution in [0.5, 0.6) is 0 Å². The first-order valence-corrected chi connectivity index (χ1v) is 11.9. The van der Waals surface area contributed by atoms with E-state index >= 15 is 0 Å². The maximum absolute atomic E-state index is 13.1. The Kier molecular flexibility index (Phi) is 4.82. The molecule has 0 bridgehead atoms. The van der Waals surface area contributed by atoms with Gasteiger partial charge in [0, 0.05) is 16.7 Å². The van der Waals surface area contributed by atoms with Gasteiger partial charge in [-0.25, -0.2) is 0 Å². The van der Waals surface area contributed by atoms with Crippen LogP contribution in [0.25, 0.3) is 6.08 Å². The number of carbonyl (C=O) groups excluding carboxylic acids is 2. The molecule has 0 amide bonds. The van der Waals surface area contributed by atoms with Gasteiger partial charge in [0.05, 0.1) is 32.4 Å². The Labute approximate surface area is 212 Å². The number of benzene rings is 3. The van der Waals surface area contributed by atoms with Crippen LogP contribution in [0.1, 0.15) is 51.5 Å². The predicted octanol–water partition coefficient (Wildman–Crippen LogP) is 8.16. The summed E-state index contributed by atoms with van der Waals surface area (Å²) >= 11 is 12.5. The summed E-state index contributed by atoms with van der Waals surface area (Å²) < 4.78 is 6.36. The standard InChI is InChI=1S/C29H19Cl2NO3/c1-29(2)19-10-6-7-11-23(19)32(16-8-4-3-5-9-16)28-20(29)15-17(35-28)14-18-26(33)24-21(30)12-13-22(31)25(24)27(18)34/h3-15H,1-2H3. The molecule has 4 aromatic rings. The SMILES string of the molecule is CC1(C)c2ccccc2N(c2ccccc2)c2oc(C=C3C(=O)c4c(Cl)ccc(Cl)c4C3=O)cc21. The van der Waals surface area contributed by atoms with Crippen molar-refractivity contribution in [1.82, 2.24) is 0 Å². The zero-order chi connectivity index (χ0) is 24.5. The number of allylic oxidation sites excluding steroid dienone is 1. The van der Waals surface area contributed by atoms with Crippen LogP contribution in [0.3, 0.4) is 0 Å². The predicted molar refractivity (Wildman–Crippen MR) is 139 cm³/mol. The number of halogens is 2. The van der Waals surface area contributed by atoms with Gasteiger partial charge in [-0.2, -0.15) is 0 Å². The van der Waals surface area contributed by atoms with E-state index in [0.29, 0.717) is 11.6 Å².